The largest absolute Gasteiger partial charge is 0.393 e. The summed E-state index contributed by atoms with van der Waals surface area (Å²) >= 11 is 4.87. The number of nitrogens with zero attached hydrogens (tertiary/aromatic N) is 2. The van der Waals surface area contributed by atoms with Crippen LogP contribution in [0.4, 0.5) is 0 Å². The van der Waals surface area contributed by atoms with Gasteiger partial charge in [-0.2, -0.15) is 5.26 Å². The van der Waals surface area contributed by atoms with Gasteiger partial charge in [0.25, 0.3) is 5.56 Å². The number of pyridine rings is 1. The van der Waals surface area contributed by atoms with Gasteiger partial charge in [0.05, 0.1) is 10.7 Å². The summed E-state index contributed by atoms with van der Waals surface area (Å²) in [5, 5.41) is 9.00. The summed E-state index contributed by atoms with van der Waals surface area (Å²) in [5.74, 6) is 0. The van der Waals surface area contributed by atoms with Crippen molar-refractivity contribution in [2.75, 3.05) is 0 Å². The van der Waals surface area contributed by atoms with Gasteiger partial charge < -0.3 is 10.3 Å². The van der Waals surface area contributed by atoms with Gasteiger partial charge in [0, 0.05) is 13.0 Å². The Morgan fingerprint density at radius 2 is 1.95 bits per heavy atom. The molecule has 0 amide bonds. The normalized spacial score (nSPS) is 10.1. The Balaban J connectivity index is 2.57. The second kappa shape index (κ2) is 6.33. The van der Waals surface area contributed by atoms with Gasteiger partial charge in [-0.3, -0.25) is 4.79 Å². The molecule has 0 aliphatic carbocycles. The van der Waals surface area contributed by atoms with Crippen molar-refractivity contribution in [3.05, 3.63) is 57.9 Å². The smallest absolute Gasteiger partial charge is 0.268 e. The van der Waals surface area contributed by atoms with Gasteiger partial charge in [-0.1, -0.05) is 42.0 Å². The summed E-state index contributed by atoms with van der Waals surface area (Å²) in [7, 11) is 0. The fourth-order valence-electron chi connectivity index (χ4n) is 2.08. The van der Waals surface area contributed by atoms with Gasteiger partial charge in [-0.05, 0) is 24.6 Å². The van der Waals surface area contributed by atoms with Crippen molar-refractivity contribution in [3.8, 4) is 17.3 Å². The summed E-state index contributed by atoms with van der Waals surface area (Å²) in [6, 6.07) is 13.1. The lowest BCUT2D eigenvalue weighted by Crippen LogP contribution is -2.26. The SMILES string of the molecule is Cc1ccc(-c2ccc(C#N)c(=O)n2CCC(N)=S)cc1. The van der Waals surface area contributed by atoms with Crippen molar-refractivity contribution in [2.45, 2.75) is 19.9 Å². The monoisotopic (exact) mass is 297 g/mol. The Labute approximate surface area is 128 Å². The summed E-state index contributed by atoms with van der Waals surface area (Å²) in [4.78, 5) is 12.7. The van der Waals surface area contributed by atoms with E-state index in [-0.39, 0.29) is 11.1 Å². The number of benzene rings is 1. The zero-order chi connectivity index (χ0) is 15.4. The maximum absolute atomic E-state index is 12.3. The molecular weight excluding hydrogens is 282 g/mol. The van der Waals surface area contributed by atoms with Gasteiger partial charge in [0.2, 0.25) is 0 Å². The number of aryl methyl sites for hydroxylation is 1. The number of rotatable bonds is 4. The molecule has 0 spiro atoms. The molecule has 0 unspecified atom stereocenters. The first kappa shape index (κ1) is 14.9. The highest BCUT2D eigenvalue weighted by Gasteiger charge is 2.10. The minimum Gasteiger partial charge on any atom is -0.393 e. The average Bonchev–Trinajstić information content (AvgIpc) is 2.46. The molecule has 0 saturated carbocycles. The summed E-state index contributed by atoms with van der Waals surface area (Å²) in [5.41, 5.74) is 8.15. The molecule has 0 saturated heterocycles. The number of hydrogen-bond acceptors (Lipinski definition) is 3. The van der Waals surface area contributed by atoms with E-state index >= 15 is 0 Å². The molecule has 0 bridgehead atoms. The van der Waals surface area contributed by atoms with Crippen molar-refractivity contribution in [3.63, 3.8) is 0 Å². The maximum Gasteiger partial charge on any atom is 0.268 e. The topological polar surface area (TPSA) is 71.8 Å². The van der Waals surface area contributed by atoms with Crippen LogP contribution in [-0.2, 0) is 6.54 Å². The van der Waals surface area contributed by atoms with Gasteiger partial charge in [0.1, 0.15) is 11.6 Å². The molecule has 0 aliphatic rings. The van der Waals surface area contributed by atoms with Gasteiger partial charge in [-0.25, -0.2) is 0 Å². The van der Waals surface area contributed by atoms with Crippen LogP contribution in [0.5, 0.6) is 0 Å². The second-order valence-electron chi connectivity index (χ2n) is 4.78. The first-order chi connectivity index (χ1) is 10.0. The standard InChI is InChI=1S/C16H15N3OS/c1-11-2-4-12(5-3-11)14-7-6-13(10-17)16(20)19(14)9-8-15(18)21/h2-7H,8-9H2,1H3,(H2,18,21). The first-order valence-corrected chi connectivity index (χ1v) is 6.93. The van der Waals surface area contributed by atoms with E-state index in [1.807, 2.05) is 37.3 Å². The third-order valence-corrected chi connectivity index (χ3v) is 3.43. The van der Waals surface area contributed by atoms with Crippen LogP contribution < -0.4 is 11.3 Å². The second-order valence-corrected chi connectivity index (χ2v) is 5.31. The lowest BCUT2D eigenvalue weighted by Gasteiger charge is -2.13. The molecule has 4 nitrogen and oxygen atoms in total. The van der Waals surface area contributed by atoms with Gasteiger partial charge >= 0.3 is 0 Å². The van der Waals surface area contributed by atoms with Crippen molar-refractivity contribution in [1.29, 1.82) is 5.26 Å². The minimum atomic E-state index is -0.313. The van der Waals surface area contributed by atoms with Crippen LogP contribution in [0.15, 0.2) is 41.2 Å². The van der Waals surface area contributed by atoms with E-state index in [2.05, 4.69) is 0 Å². The molecular formula is C16H15N3OS. The molecule has 2 aromatic rings. The number of nitriles is 1. The van der Waals surface area contributed by atoms with Gasteiger partial charge in [0.15, 0.2) is 0 Å². The Kier molecular flexibility index (Phi) is 4.51. The Morgan fingerprint density at radius 3 is 2.52 bits per heavy atom. The van der Waals surface area contributed by atoms with Crippen LogP contribution in [0, 0.1) is 18.3 Å². The van der Waals surface area contributed by atoms with E-state index in [9.17, 15) is 4.79 Å². The van der Waals surface area contributed by atoms with E-state index in [1.165, 1.54) is 0 Å². The van der Waals surface area contributed by atoms with E-state index in [0.717, 1.165) is 16.8 Å². The molecule has 0 fully saturated rings. The predicted octanol–water partition coefficient (Wildman–Crippen LogP) is 2.37. The van der Waals surface area contributed by atoms with E-state index < -0.39 is 0 Å². The summed E-state index contributed by atoms with van der Waals surface area (Å²) < 4.78 is 1.56. The Morgan fingerprint density at radius 1 is 1.29 bits per heavy atom. The fraction of sp³-hybridized carbons (Fsp3) is 0.188. The number of hydrogen-bond donors (Lipinski definition) is 1. The van der Waals surface area contributed by atoms with Gasteiger partial charge in [-0.15, -0.1) is 0 Å². The van der Waals surface area contributed by atoms with E-state index in [1.54, 1.807) is 16.7 Å². The van der Waals surface area contributed by atoms with Crippen molar-refractivity contribution in [1.82, 2.24) is 4.57 Å². The molecule has 106 valence electrons. The van der Waals surface area contributed by atoms with Crippen LogP contribution in [0.2, 0.25) is 0 Å². The lowest BCUT2D eigenvalue weighted by molar-refractivity contribution is 0.701. The minimum absolute atomic E-state index is 0.119. The van der Waals surface area contributed by atoms with Crippen LogP contribution in [0.25, 0.3) is 11.3 Å². The highest BCUT2D eigenvalue weighted by Crippen LogP contribution is 2.19. The zero-order valence-corrected chi connectivity index (χ0v) is 12.5. The lowest BCUT2D eigenvalue weighted by atomic mass is 10.1. The van der Waals surface area contributed by atoms with Crippen LogP contribution in [-0.4, -0.2) is 9.56 Å². The van der Waals surface area contributed by atoms with E-state index in [4.69, 9.17) is 23.2 Å². The Bertz CT molecular complexity index is 770. The van der Waals surface area contributed by atoms with Crippen molar-refractivity contribution < 1.29 is 0 Å². The van der Waals surface area contributed by atoms with Crippen molar-refractivity contribution in [2.24, 2.45) is 5.73 Å². The number of thiocarbonyl (C=S) groups is 1. The molecule has 0 atom stereocenters. The summed E-state index contributed by atoms with van der Waals surface area (Å²) in [6.45, 7) is 2.37. The molecule has 0 radical (unpaired) electrons. The first-order valence-electron chi connectivity index (χ1n) is 6.52. The number of aromatic nitrogens is 1. The third-order valence-electron chi connectivity index (χ3n) is 3.22. The average molecular weight is 297 g/mol. The van der Waals surface area contributed by atoms with Crippen LogP contribution in [0.3, 0.4) is 0 Å². The highest BCUT2D eigenvalue weighted by atomic mass is 32.1. The fourth-order valence-corrected chi connectivity index (χ4v) is 2.18. The predicted molar refractivity (Wildman–Crippen MR) is 87.0 cm³/mol. The molecule has 2 rings (SSSR count). The molecule has 21 heavy (non-hydrogen) atoms. The maximum atomic E-state index is 12.3. The molecule has 1 aromatic heterocycles. The van der Waals surface area contributed by atoms with E-state index in [0.29, 0.717) is 18.0 Å². The quantitative estimate of drug-likeness (QED) is 0.879. The molecule has 1 aromatic carbocycles. The molecule has 5 heteroatoms. The Hall–Kier alpha value is -2.45. The highest BCUT2D eigenvalue weighted by molar-refractivity contribution is 7.80. The molecule has 1 heterocycles. The molecule has 0 aliphatic heterocycles. The van der Waals surface area contributed by atoms with Crippen LogP contribution >= 0.6 is 12.2 Å². The third kappa shape index (κ3) is 3.36. The molecule has 2 N–H and O–H groups in total. The van der Waals surface area contributed by atoms with Crippen LogP contribution in [0.1, 0.15) is 17.5 Å². The van der Waals surface area contributed by atoms with Crippen molar-refractivity contribution >= 4 is 17.2 Å². The number of nitrogens with two attached hydrogens (primary N) is 1. The summed E-state index contributed by atoms with van der Waals surface area (Å²) in [6.07, 6.45) is 0.420. The zero-order valence-electron chi connectivity index (χ0n) is 11.7.